The number of rotatable bonds is 4. The molecule has 2 atom stereocenters. The molecular formula is C14H26N2. The number of hydrogen-bond acceptors (Lipinski definition) is 2. The lowest BCUT2D eigenvalue weighted by Crippen LogP contribution is -2.54. The van der Waals surface area contributed by atoms with Crippen molar-refractivity contribution < 1.29 is 0 Å². The van der Waals surface area contributed by atoms with E-state index in [4.69, 9.17) is 0 Å². The molecule has 0 radical (unpaired) electrons. The molecule has 1 aliphatic carbocycles. The van der Waals surface area contributed by atoms with Gasteiger partial charge in [0, 0.05) is 0 Å². The highest BCUT2D eigenvalue weighted by atomic mass is 15.0. The van der Waals surface area contributed by atoms with Crippen LogP contribution in [0.5, 0.6) is 0 Å². The second-order valence-corrected chi connectivity index (χ2v) is 5.95. The molecule has 1 aliphatic rings. The highest BCUT2D eigenvalue weighted by Gasteiger charge is 2.42. The Morgan fingerprint density at radius 3 is 2.50 bits per heavy atom. The first-order chi connectivity index (χ1) is 7.52. The summed E-state index contributed by atoms with van der Waals surface area (Å²) in [7, 11) is 0. The Hall–Kier alpha value is -0.550. The SMILES string of the molecule is CC(C)CNC1(C#N)CCCCC1C(C)C. The van der Waals surface area contributed by atoms with Crippen LogP contribution in [-0.4, -0.2) is 12.1 Å². The van der Waals surface area contributed by atoms with Gasteiger partial charge in [-0.1, -0.05) is 40.5 Å². The van der Waals surface area contributed by atoms with Crippen LogP contribution in [0, 0.1) is 29.1 Å². The molecule has 92 valence electrons. The minimum atomic E-state index is -0.253. The van der Waals surface area contributed by atoms with Crippen molar-refractivity contribution in [2.45, 2.75) is 58.9 Å². The van der Waals surface area contributed by atoms with Gasteiger partial charge >= 0.3 is 0 Å². The highest BCUT2D eigenvalue weighted by molar-refractivity contribution is 5.13. The fraction of sp³-hybridized carbons (Fsp3) is 0.929. The average molecular weight is 222 g/mol. The second kappa shape index (κ2) is 5.68. The van der Waals surface area contributed by atoms with Crippen molar-refractivity contribution >= 4 is 0 Å². The molecule has 2 heteroatoms. The lowest BCUT2D eigenvalue weighted by atomic mass is 9.68. The monoisotopic (exact) mass is 222 g/mol. The van der Waals surface area contributed by atoms with E-state index in [-0.39, 0.29) is 5.54 Å². The predicted molar refractivity (Wildman–Crippen MR) is 68.0 cm³/mol. The normalized spacial score (nSPS) is 30.7. The van der Waals surface area contributed by atoms with E-state index in [1.807, 2.05) is 0 Å². The van der Waals surface area contributed by atoms with Gasteiger partial charge in [-0.05, 0) is 37.1 Å². The smallest absolute Gasteiger partial charge is 0.109 e. The van der Waals surface area contributed by atoms with Crippen molar-refractivity contribution in [3.63, 3.8) is 0 Å². The standard InChI is InChI=1S/C14H26N2/c1-11(2)9-16-14(10-15)8-6-5-7-13(14)12(3)4/h11-13,16H,5-9H2,1-4H3. The zero-order valence-electron chi connectivity index (χ0n) is 11.2. The summed E-state index contributed by atoms with van der Waals surface area (Å²) in [5, 5.41) is 13.1. The molecule has 0 heterocycles. The first-order valence-electron chi connectivity index (χ1n) is 6.68. The van der Waals surface area contributed by atoms with Crippen molar-refractivity contribution in [1.29, 1.82) is 5.26 Å². The summed E-state index contributed by atoms with van der Waals surface area (Å²) in [4.78, 5) is 0. The van der Waals surface area contributed by atoms with Crippen LogP contribution >= 0.6 is 0 Å². The van der Waals surface area contributed by atoms with Gasteiger partial charge in [-0.2, -0.15) is 5.26 Å². The molecule has 0 saturated heterocycles. The first kappa shape index (κ1) is 13.5. The van der Waals surface area contributed by atoms with Crippen LogP contribution in [0.15, 0.2) is 0 Å². The van der Waals surface area contributed by atoms with Gasteiger partial charge in [0.05, 0.1) is 6.07 Å². The fourth-order valence-electron chi connectivity index (χ4n) is 2.89. The third kappa shape index (κ3) is 2.98. The maximum Gasteiger partial charge on any atom is 0.109 e. The molecule has 1 fully saturated rings. The molecule has 1 saturated carbocycles. The van der Waals surface area contributed by atoms with Gasteiger partial charge in [-0.3, -0.25) is 5.32 Å². The Morgan fingerprint density at radius 1 is 1.31 bits per heavy atom. The molecule has 2 unspecified atom stereocenters. The molecule has 0 bridgehead atoms. The number of hydrogen-bond donors (Lipinski definition) is 1. The molecule has 1 N–H and O–H groups in total. The lowest BCUT2D eigenvalue weighted by molar-refractivity contribution is 0.146. The van der Waals surface area contributed by atoms with Gasteiger partial charge < -0.3 is 0 Å². The van der Waals surface area contributed by atoms with E-state index in [1.165, 1.54) is 19.3 Å². The number of nitrogens with one attached hydrogen (secondary N) is 1. The largest absolute Gasteiger partial charge is 0.299 e. The van der Waals surface area contributed by atoms with Gasteiger partial charge in [-0.15, -0.1) is 0 Å². The van der Waals surface area contributed by atoms with E-state index >= 15 is 0 Å². The third-order valence-electron chi connectivity index (χ3n) is 3.80. The van der Waals surface area contributed by atoms with Crippen LogP contribution < -0.4 is 5.32 Å². The maximum absolute atomic E-state index is 9.56. The molecule has 0 amide bonds. The first-order valence-corrected chi connectivity index (χ1v) is 6.68. The Kier molecular flexibility index (Phi) is 4.80. The summed E-state index contributed by atoms with van der Waals surface area (Å²) in [5.41, 5.74) is -0.253. The minimum Gasteiger partial charge on any atom is -0.299 e. The summed E-state index contributed by atoms with van der Waals surface area (Å²) >= 11 is 0. The predicted octanol–water partition coefficient (Wildman–Crippen LogP) is 3.34. The van der Waals surface area contributed by atoms with E-state index < -0.39 is 0 Å². The zero-order chi connectivity index (χ0) is 12.2. The lowest BCUT2D eigenvalue weighted by Gasteiger charge is -2.42. The van der Waals surface area contributed by atoms with Crippen LogP contribution in [0.2, 0.25) is 0 Å². The maximum atomic E-state index is 9.56. The summed E-state index contributed by atoms with van der Waals surface area (Å²) < 4.78 is 0. The molecule has 0 aromatic carbocycles. The molecule has 0 aliphatic heterocycles. The molecular weight excluding hydrogens is 196 g/mol. The third-order valence-corrected chi connectivity index (χ3v) is 3.80. The van der Waals surface area contributed by atoms with Gasteiger partial charge in [-0.25, -0.2) is 0 Å². The fourth-order valence-corrected chi connectivity index (χ4v) is 2.89. The summed E-state index contributed by atoms with van der Waals surface area (Å²) in [6.07, 6.45) is 4.72. The molecule has 16 heavy (non-hydrogen) atoms. The second-order valence-electron chi connectivity index (χ2n) is 5.95. The topological polar surface area (TPSA) is 35.8 Å². The average Bonchev–Trinajstić information content (AvgIpc) is 2.26. The van der Waals surface area contributed by atoms with Crippen LogP contribution in [0.3, 0.4) is 0 Å². The number of nitrogens with zero attached hydrogens (tertiary/aromatic N) is 1. The Morgan fingerprint density at radius 2 is 2.00 bits per heavy atom. The summed E-state index contributed by atoms with van der Waals surface area (Å²) in [5.74, 6) is 1.73. The van der Waals surface area contributed by atoms with E-state index in [1.54, 1.807) is 0 Å². The van der Waals surface area contributed by atoms with Gasteiger partial charge in [0.15, 0.2) is 0 Å². The van der Waals surface area contributed by atoms with Gasteiger partial charge in [0.1, 0.15) is 5.54 Å². The van der Waals surface area contributed by atoms with Crippen LogP contribution in [0.25, 0.3) is 0 Å². The number of nitriles is 1. The summed E-state index contributed by atoms with van der Waals surface area (Å²) in [6.45, 7) is 9.85. The van der Waals surface area contributed by atoms with Gasteiger partial charge in [0.2, 0.25) is 0 Å². The highest BCUT2D eigenvalue weighted by Crippen LogP contribution is 2.38. The molecule has 2 nitrogen and oxygen atoms in total. The van der Waals surface area contributed by atoms with Crippen LogP contribution in [-0.2, 0) is 0 Å². The molecule has 0 spiro atoms. The molecule has 0 aromatic heterocycles. The van der Waals surface area contributed by atoms with E-state index in [2.05, 4.69) is 39.1 Å². The van der Waals surface area contributed by atoms with Crippen molar-refractivity contribution in [3.8, 4) is 6.07 Å². The Bertz CT molecular complexity index is 252. The van der Waals surface area contributed by atoms with Crippen LogP contribution in [0.1, 0.15) is 53.4 Å². The molecule has 1 rings (SSSR count). The van der Waals surface area contributed by atoms with Crippen molar-refractivity contribution in [2.75, 3.05) is 6.54 Å². The Balaban J connectivity index is 2.76. The van der Waals surface area contributed by atoms with Crippen molar-refractivity contribution in [3.05, 3.63) is 0 Å². The quantitative estimate of drug-likeness (QED) is 0.792. The van der Waals surface area contributed by atoms with Crippen molar-refractivity contribution in [1.82, 2.24) is 5.32 Å². The minimum absolute atomic E-state index is 0.253. The van der Waals surface area contributed by atoms with Crippen molar-refractivity contribution in [2.24, 2.45) is 17.8 Å². The van der Waals surface area contributed by atoms with Gasteiger partial charge in [0.25, 0.3) is 0 Å². The van der Waals surface area contributed by atoms with E-state index in [0.29, 0.717) is 17.8 Å². The van der Waals surface area contributed by atoms with Crippen LogP contribution in [0.4, 0.5) is 0 Å². The van der Waals surface area contributed by atoms with E-state index in [9.17, 15) is 5.26 Å². The summed E-state index contributed by atoms with van der Waals surface area (Å²) in [6, 6.07) is 2.59. The van der Waals surface area contributed by atoms with E-state index in [0.717, 1.165) is 13.0 Å². The zero-order valence-corrected chi connectivity index (χ0v) is 11.2. The molecule has 0 aromatic rings. The Labute approximate surface area is 100 Å².